The Morgan fingerprint density at radius 1 is 0.862 bits per heavy atom. The van der Waals surface area contributed by atoms with E-state index in [1.807, 2.05) is 24.3 Å². The van der Waals surface area contributed by atoms with Gasteiger partial charge in [0.1, 0.15) is 11.6 Å². The number of benzene rings is 2. The summed E-state index contributed by atoms with van der Waals surface area (Å²) in [4.78, 5) is 23.3. The summed E-state index contributed by atoms with van der Waals surface area (Å²) in [6, 6.07) is 17.8. The van der Waals surface area contributed by atoms with Crippen molar-refractivity contribution < 1.29 is 14.3 Å². The maximum absolute atomic E-state index is 12.3. The maximum atomic E-state index is 12.3. The van der Waals surface area contributed by atoms with Gasteiger partial charge in [-0.2, -0.15) is 0 Å². The Morgan fingerprint density at radius 2 is 1.52 bits per heavy atom. The van der Waals surface area contributed by atoms with Crippen LogP contribution in [0.15, 0.2) is 60.7 Å². The van der Waals surface area contributed by atoms with E-state index in [1.54, 1.807) is 43.5 Å². The zero-order chi connectivity index (χ0) is 20.6. The van der Waals surface area contributed by atoms with Crippen LogP contribution in [-0.4, -0.2) is 29.1 Å². The summed E-state index contributed by atoms with van der Waals surface area (Å²) in [5, 5.41) is 16.6. The molecule has 0 aliphatic heterocycles. The summed E-state index contributed by atoms with van der Waals surface area (Å²) in [6.07, 6.45) is 0. The first-order chi connectivity index (χ1) is 14.0. The molecule has 29 heavy (non-hydrogen) atoms. The molecule has 3 rings (SSSR count). The average molecular weight is 391 g/mol. The Morgan fingerprint density at radius 3 is 2.07 bits per heavy atom. The summed E-state index contributed by atoms with van der Waals surface area (Å²) in [5.41, 5.74) is 2.51. The lowest BCUT2D eigenvalue weighted by molar-refractivity contribution is -0.114. The highest BCUT2D eigenvalue weighted by Crippen LogP contribution is 2.15. The molecule has 8 nitrogen and oxygen atoms in total. The molecule has 3 aromatic rings. The van der Waals surface area contributed by atoms with Crippen LogP contribution in [0.2, 0.25) is 0 Å². The molecule has 0 unspecified atom stereocenters. The molecule has 0 saturated carbocycles. The number of carbonyl (C=O) groups excluding carboxylic acids is 2. The molecular weight excluding hydrogens is 370 g/mol. The summed E-state index contributed by atoms with van der Waals surface area (Å²) >= 11 is 0. The van der Waals surface area contributed by atoms with Crippen LogP contribution in [0.4, 0.5) is 17.2 Å². The number of hydrogen-bond donors (Lipinski definition) is 3. The molecule has 2 amide bonds. The molecule has 0 bridgehead atoms. The van der Waals surface area contributed by atoms with Gasteiger partial charge in [0.15, 0.2) is 5.69 Å². The molecule has 0 aliphatic rings. The molecule has 1 aromatic heterocycles. The van der Waals surface area contributed by atoms with Crippen LogP contribution in [0.5, 0.6) is 5.75 Å². The fraction of sp³-hybridized carbons (Fsp3) is 0.143. The zero-order valence-electron chi connectivity index (χ0n) is 16.1. The van der Waals surface area contributed by atoms with E-state index in [0.29, 0.717) is 23.7 Å². The van der Waals surface area contributed by atoms with Crippen LogP contribution < -0.4 is 20.7 Å². The first-order valence-electron chi connectivity index (χ1n) is 8.93. The van der Waals surface area contributed by atoms with Gasteiger partial charge in [0.2, 0.25) is 5.91 Å². The van der Waals surface area contributed by atoms with E-state index < -0.39 is 0 Å². The summed E-state index contributed by atoms with van der Waals surface area (Å²) in [7, 11) is 1.63. The highest BCUT2D eigenvalue weighted by molar-refractivity contribution is 6.03. The fourth-order valence-electron chi connectivity index (χ4n) is 2.52. The maximum Gasteiger partial charge on any atom is 0.276 e. The van der Waals surface area contributed by atoms with Crippen molar-refractivity contribution in [3.05, 3.63) is 71.9 Å². The third-order valence-corrected chi connectivity index (χ3v) is 3.99. The lowest BCUT2D eigenvalue weighted by Crippen LogP contribution is -2.15. The lowest BCUT2D eigenvalue weighted by Gasteiger charge is -2.08. The second-order valence-corrected chi connectivity index (χ2v) is 6.22. The predicted molar refractivity (Wildman–Crippen MR) is 111 cm³/mol. The van der Waals surface area contributed by atoms with E-state index in [-0.39, 0.29) is 17.5 Å². The van der Waals surface area contributed by atoms with Crippen molar-refractivity contribution in [3.63, 3.8) is 0 Å². The fourth-order valence-corrected chi connectivity index (χ4v) is 2.52. The van der Waals surface area contributed by atoms with E-state index in [9.17, 15) is 9.59 Å². The minimum Gasteiger partial charge on any atom is -0.497 e. The lowest BCUT2D eigenvalue weighted by atomic mass is 10.2. The number of aromatic nitrogens is 2. The van der Waals surface area contributed by atoms with Crippen molar-refractivity contribution in [2.45, 2.75) is 13.5 Å². The van der Waals surface area contributed by atoms with Gasteiger partial charge in [0.05, 0.1) is 7.11 Å². The van der Waals surface area contributed by atoms with Crippen molar-refractivity contribution in [3.8, 4) is 5.75 Å². The van der Waals surface area contributed by atoms with Gasteiger partial charge in [-0.3, -0.25) is 9.59 Å². The number of methoxy groups -OCH3 is 1. The predicted octanol–water partition coefficient (Wildman–Crippen LogP) is 3.31. The third kappa shape index (κ3) is 5.77. The smallest absolute Gasteiger partial charge is 0.276 e. The monoisotopic (exact) mass is 391 g/mol. The highest BCUT2D eigenvalue weighted by Gasteiger charge is 2.09. The largest absolute Gasteiger partial charge is 0.497 e. The molecule has 3 N–H and O–H groups in total. The molecule has 8 heteroatoms. The first kappa shape index (κ1) is 19.8. The van der Waals surface area contributed by atoms with E-state index in [4.69, 9.17) is 4.74 Å². The van der Waals surface area contributed by atoms with Gasteiger partial charge in [-0.1, -0.05) is 12.1 Å². The van der Waals surface area contributed by atoms with Crippen molar-refractivity contribution in [1.29, 1.82) is 0 Å². The average Bonchev–Trinajstić information content (AvgIpc) is 2.74. The highest BCUT2D eigenvalue weighted by atomic mass is 16.5. The van der Waals surface area contributed by atoms with Crippen LogP contribution >= 0.6 is 0 Å². The molecule has 0 aliphatic carbocycles. The zero-order valence-corrected chi connectivity index (χ0v) is 16.1. The van der Waals surface area contributed by atoms with Crippen molar-refractivity contribution in [1.82, 2.24) is 10.2 Å². The van der Waals surface area contributed by atoms with Crippen molar-refractivity contribution >= 4 is 29.0 Å². The minimum atomic E-state index is -0.369. The topological polar surface area (TPSA) is 105 Å². The molecule has 1 heterocycles. The molecule has 148 valence electrons. The van der Waals surface area contributed by atoms with E-state index >= 15 is 0 Å². The van der Waals surface area contributed by atoms with Crippen LogP contribution in [0.25, 0.3) is 0 Å². The summed E-state index contributed by atoms with van der Waals surface area (Å²) < 4.78 is 5.13. The molecule has 2 aromatic carbocycles. The molecule has 0 saturated heterocycles. The number of nitrogens with one attached hydrogen (secondary N) is 3. The van der Waals surface area contributed by atoms with Crippen LogP contribution in [-0.2, 0) is 11.3 Å². The second kappa shape index (κ2) is 9.32. The number of ether oxygens (including phenoxy) is 1. The van der Waals surface area contributed by atoms with Gasteiger partial charge in [-0.15, -0.1) is 10.2 Å². The minimum absolute atomic E-state index is 0.155. The van der Waals surface area contributed by atoms with Crippen LogP contribution in [0.3, 0.4) is 0 Å². The number of amides is 2. The summed E-state index contributed by atoms with van der Waals surface area (Å²) in [5.74, 6) is 0.843. The molecule has 0 fully saturated rings. The Hall–Kier alpha value is -3.94. The molecular formula is C21H21N5O3. The van der Waals surface area contributed by atoms with Crippen molar-refractivity contribution in [2.75, 3.05) is 23.1 Å². The van der Waals surface area contributed by atoms with E-state index in [2.05, 4.69) is 26.1 Å². The first-order valence-corrected chi connectivity index (χ1v) is 8.93. The Kier molecular flexibility index (Phi) is 6.36. The van der Waals surface area contributed by atoms with Gasteiger partial charge < -0.3 is 20.7 Å². The Bertz CT molecular complexity index is 971. The molecule has 0 radical (unpaired) electrons. The molecule has 0 atom stereocenters. The van der Waals surface area contributed by atoms with E-state index in [1.165, 1.54) is 6.92 Å². The number of hydrogen-bond acceptors (Lipinski definition) is 6. The normalized spacial score (nSPS) is 10.1. The Labute approximate surface area is 168 Å². The molecule has 0 spiro atoms. The van der Waals surface area contributed by atoms with Gasteiger partial charge in [-0.05, 0) is 54.1 Å². The summed E-state index contributed by atoms with van der Waals surface area (Å²) in [6.45, 7) is 2.01. The number of carbonyl (C=O) groups is 2. The van der Waals surface area contributed by atoms with Crippen LogP contribution in [0.1, 0.15) is 23.0 Å². The standard InChI is InChI=1S/C21H21N5O3/c1-14(27)23-16-5-7-17(8-6-16)24-21(28)19-11-12-20(26-25-19)22-13-15-3-9-18(29-2)10-4-15/h3-12H,13H2,1-2H3,(H,22,26)(H,23,27)(H,24,28). The Balaban J connectivity index is 1.54. The number of rotatable bonds is 7. The SMILES string of the molecule is COc1ccc(CNc2ccc(C(=O)Nc3ccc(NC(C)=O)cc3)nn2)cc1. The van der Waals surface area contributed by atoms with Gasteiger partial charge in [0.25, 0.3) is 5.91 Å². The van der Waals surface area contributed by atoms with E-state index in [0.717, 1.165) is 11.3 Å². The van der Waals surface area contributed by atoms with Gasteiger partial charge in [0, 0.05) is 24.8 Å². The quantitative estimate of drug-likeness (QED) is 0.571. The van der Waals surface area contributed by atoms with Crippen LogP contribution in [0, 0.1) is 0 Å². The van der Waals surface area contributed by atoms with Crippen molar-refractivity contribution in [2.24, 2.45) is 0 Å². The second-order valence-electron chi connectivity index (χ2n) is 6.22. The number of nitrogens with zero attached hydrogens (tertiary/aromatic N) is 2. The number of anilines is 3. The van der Waals surface area contributed by atoms with Gasteiger partial charge >= 0.3 is 0 Å². The third-order valence-electron chi connectivity index (χ3n) is 3.99. The van der Waals surface area contributed by atoms with Gasteiger partial charge in [-0.25, -0.2) is 0 Å².